The molecule has 0 spiro atoms. The van der Waals surface area contributed by atoms with Crippen LogP contribution in [0.25, 0.3) is 0 Å². The number of carbonyl (C=O) groups excluding carboxylic acids is 1. The van der Waals surface area contributed by atoms with Crippen molar-refractivity contribution in [2.75, 3.05) is 17.2 Å². The molecule has 0 unspecified atom stereocenters. The van der Waals surface area contributed by atoms with Crippen LogP contribution in [0, 0.1) is 13.8 Å². The third-order valence-corrected chi connectivity index (χ3v) is 3.98. The minimum absolute atomic E-state index is 0.144. The van der Waals surface area contributed by atoms with Crippen LogP contribution in [-0.2, 0) is 4.79 Å². The van der Waals surface area contributed by atoms with Gasteiger partial charge in [0.15, 0.2) is 0 Å². The third-order valence-electron chi connectivity index (χ3n) is 3.16. The van der Waals surface area contributed by atoms with Gasteiger partial charge < -0.3 is 10.6 Å². The van der Waals surface area contributed by atoms with Gasteiger partial charge in [-0.3, -0.25) is 4.79 Å². The summed E-state index contributed by atoms with van der Waals surface area (Å²) in [5.41, 5.74) is 3.42. The molecule has 5 heteroatoms. The fourth-order valence-electron chi connectivity index (χ4n) is 1.85. The van der Waals surface area contributed by atoms with E-state index in [1.54, 1.807) is 6.07 Å². The molecule has 110 valence electrons. The number of nitrogens with one attached hydrogen (secondary N) is 2. The zero-order valence-electron chi connectivity index (χ0n) is 11.8. The maximum absolute atomic E-state index is 11.9. The first-order valence-corrected chi connectivity index (χ1v) is 7.28. The number of hydrogen-bond acceptors (Lipinski definition) is 2. The number of rotatable bonds is 4. The monoisotopic (exact) mass is 322 g/mol. The van der Waals surface area contributed by atoms with Gasteiger partial charge in [-0.15, -0.1) is 0 Å². The second-order valence-corrected chi connectivity index (χ2v) is 5.59. The highest BCUT2D eigenvalue weighted by molar-refractivity contribution is 6.32. The molecule has 2 rings (SSSR count). The first-order valence-electron chi connectivity index (χ1n) is 6.52. The van der Waals surface area contributed by atoms with Crippen molar-refractivity contribution in [1.82, 2.24) is 0 Å². The Labute approximate surface area is 134 Å². The minimum Gasteiger partial charge on any atom is -0.376 e. The lowest BCUT2D eigenvalue weighted by Gasteiger charge is -2.11. The van der Waals surface area contributed by atoms with Crippen molar-refractivity contribution in [3.63, 3.8) is 0 Å². The minimum atomic E-state index is -0.144. The molecule has 0 aliphatic rings. The zero-order valence-corrected chi connectivity index (χ0v) is 13.3. The molecule has 0 aromatic heterocycles. The van der Waals surface area contributed by atoms with Crippen LogP contribution in [0.15, 0.2) is 36.4 Å². The summed E-state index contributed by atoms with van der Waals surface area (Å²) in [5, 5.41) is 7.17. The lowest BCUT2D eigenvalue weighted by Crippen LogP contribution is -2.22. The number of aryl methyl sites for hydroxylation is 1. The van der Waals surface area contributed by atoms with Crippen LogP contribution >= 0.6 is 23.2 Å². The fourth-order valence-corrected chi connectivity index (χ4v) is 2.21. The van der Waals surface area contributed by atoms with E-state index in [0.717, 1.165) is 16.8 Å². The SMILES string of the molecule is Cc1ccc(NC(=O)CNc2cccc(Cl)c2C)cc1Cl. The Bertz CT molecular complexity index is 671. The molecule has 0 fully saturated rings. The molecule has 2 aromatic carbocycles. The van der Waals surface area contributed by atoms with Gasteiger partial charge in [0.2, 0.25) is 5.91 Å². The van der Waals surface area contributed by atoms with Crippen molar-refractivity contribution in [1.29, 1.82) is 0 Å². The normalized spacial score (nSPS) is 10.3. The maximum Gasteiger partial charge on any atom is 0.243 e. The molecule has 0 bridgehead atoms. The molecular formula is C16H16Cl2N2O. The molecule has 0 saturated carbocycles. The average molecular weight is 323 g/mol. The summed E-state index contributed by atoms with van der Waals surface area (Å²) in [6.07, 6.45) is 0. The van der Waals surface area contributed by atoms with Gasteiger partial charge in [-0.2, -0.15) is 0 Å². The Kier molecular flexibility index (Phi) is 5.10. The fraction of sp³-hybridized carbons (Fsp3) is 0.188. The molecule has 2 N–H and O–H groups in total. The van der Waals surface area contributed by atoms with E-state index >= 15 is 0 Å². The summed E-state index contributed by atoms with van der Waals surface area (Å²) in [6.45, 7) is 3.98. The molecule has 0 saturated heterocycles. The summed E-state index contributed by atoms with van der Waals surface area (Å²) in [7, 11) is 0. The van der Waals surface area contributed by atoms with E-state index in [-0.39, 0.29) is 12.5 Å². The van der Waals surface area contributed by atoms with Crippen LogP contribution in [0.4, 0.5) is 11.4 Å². The standard InChI is InChI=1S/C16H16Cl2N2O/c1-10-6-7-12(8-14(10)18)20-16(21)9-19-15-5-3-4-13(17)11(15)2/h3-8,19H,9H2,1-2H3,(H,20,21). The van der Waals surface area contributed by atoms with Gasteiger partial charge in [-0.05, 0) is 49.2 Å². The topological polar surface area (TPSA) is 41.1 Å². The molecule has 0 atom stereocenters. The number of anilines is 2. The second-order valence-electron chi connectivity index (χ2n) is 4.78. The summed E-state index contributed by atoms with van der Waals surface area (Å²) in [5.74, 6) is -0.144. The molecule has 2 aromatic rings. The molecule has 0 aliphatic carbocycles. The quantitative estimate of drug-likeness (QED) is 0.859. The predicted octanol–water partition coefficient (Wildman–Crippen LogP) is 4.66. The molecule has 0 radical (unpaired) electrons. The van der Waals surface area contributed by atoms with Crippen LogP contribution in [0.2, 0.25) is 10.0 Å². The highest BCUT2D eigenvalue weighted by atomic mass is 35.5. The first-order chi connectivity index (χ1) is 9.97. The third kappa shape index (κ3) is 4.13. The smallest absolute Gasteiger partial charge is 0.243 e. The summed E-state index contributed by atoms with van der Waals surface area (Å²) in [4.78, 5) is 11.9. The lowest BCUT2D eigenvalue weighted by atomic mass is 10.2. The molecular weight excluding hydrogens is 307 g/mol. The molecule has 0 aliphatic heterocycles. The number of hydrogen-bond donors (Lipinski definition) is 2. The van der Waals surface area contributed by atoms with Crippen LogP contribution in [0.3, 0.4) is 0 Å². The molecule has 1 amide bonds. The van der Waals surface area contributed by atoms with E-state index in [0.29, 0.717) is 15.7 Å². The predicted molar refractivity (Wildman–Crippen MR) is 89.5 cm³/mol. The van der Waals surface area contributed by atoms with E-state index < -0.39 is 0 Å². The van der Waals surface area contributed by atoms with Gasteiger partial charge in [-0.25, -0.2) is 0 Å². The zero-order chi connectivity index (χ0) is 15.4. The van der Waals surface area contributed by atoms with Gasteiger partial charge >= 0.3 is 0 Å². The maximum atomic E-state index is 11.9. The Morgan fingerprint density at radius 2 is 1.86 bits per heavy atom. The van der Waals surface area contributed by atoms with E-state index in [1.165, 1.54) is 0 Å². The van der Waals surface area contributed by atoms with Crippen LogP contribution in [0.5, 0.6) is 0 Å². The second kappa shape index (κ2) is 6.83. The highest BCUT2D eigenvalue weighted by Crippen LogP contribution is 2.23. The largest absolute Gasteiger partial charge is 0.376 e. The van der Waals surface area contributed by atoms with Crippen LogP contribution in [-0.4, -0.2) is 12.5 Å². The molecule has 0 heterocycles. The van der Waals surface area contributed by atoms with Gasteiger partial charge in [0.05, 0.1) is 6.54 Å². The van der Waals surface area contributed by atoms with Crippen LogP contribution in [0.1, 0.15) is 11.1 Å². The van der Waals surface area contributed by atoms with Crippen molar-refractivity contribution >= 4 is 40.5 Å². The number of halogens is 2. The average Bonchev–Trinajstić information content (AvgIpc) is 2.44. The van der Waals surface area contributed by atoms with E-state index in [1.807, 2.05) is 44.2 Å². The number of benzene rings is 2. The lowest BCUT2D eigenvalue weighted by molar-refractivity contribution is -0.114. The summed E-state index contributed by atoms with van der Waals surface area (Å²) in [6, 6.07) is 11.0. The Balaban J connectivity index is 1.96. The van der Waals surface area contributed by atoms with Gasteiger partial charge in [-0.1, -0.05) is 35.3 Å². The van der Waals surface area contributed by atoms with Gasteiger partial charge in [0.25, 0.3) is 0 Å². The number of carbonyl (C=O) groups is 1. The van der Waals surface area contributed by atoms with Crippen molar-refractivity contribution in [2.45, 2.75) is 13.8 Å². The first kappa shape index (κ1) is 15.7. The molecule has 21 heavy (non-hydrogen) atoms. The summed E-state index contributed by atoms with van der Waals surface area (Å²) >= 11 is 12.1. The Morgan fingerprint density at radius 1 is 1.10 bits per heavy atom. The van der Waals surface area contributed by atoms with Crippen molar-refractivity contribution < 1.29 is 4.79 Å². The van der Waals surface area contributed by atoms with Gasteiger partial charge in [0.1, 0.15) is 0 Å². The van der Waals surface area contributed by atoms with Gasteiger partial charge in [0, 0.05) is 21.4 Å². The Morgan fingerprint density at radius 3 is 2.57 bits per heavy atom. The van der Waals surface area contributed by atoms with Crippen LogP contribution < -0.4 is 10.6 Å². The van der Waals surface area contributed by atoms with Crippen molar-refractivity contribution in [2.24, 2.45) is 0 Å². The highest BCUT2D eigenvalue weighted by Gasteiger charge is 2.06. The van der Waals surface area contributed by atoms with Crippen molar-refractivity contribution in [3.05, 3.63) is 57.6 Å². The Hall–Kier alpha value is -1.71. The van der Waals surface area contributed by atoms with E-state index in [9.17, 15) is 4.79 Å². The summed E-state index contributed by atoms with van der Waals surface area (Å²) < 4.78 is 0. The molecule has 3 nitrogen and oxygen atoms in total. The number of amides is 1. The van der Waals surface area contributed by atoms with E-state index in [2.05, 4.69) is 10.6 Å². The van der Waals surface area contributed by atoms with Crippen molar-refractivity contribution in [3.8, 4) is 0 Å². The van der Waals surface area contributed by atoms with E-state index in [4.69, 9.17) is 23.2 Å².